The van der Waals surface area contributed by atoms with Crippen LogP contribution in [0.25, 0.3) is 0 Å². The van der Waals surface area contributed by atoms with Crippen LogP contribution in [-0.2, 0) is 9.59 Å². The average Bonchev–Trinajstić information content (AvgIpc) is 3.03. The van der Waals surface area contributed by atoms with Gasteiger partial charge in [0, 0.05) is 31.7 Å². The van der Waals surface area contributed by atoms with E-state index in [1.165, 1.54) is 0 Å². The maximum Gasteiger partial charge on any atom is 0.257 e. The molecule has 2 rings (SSSR count). The molecule has 0 aliphatic carbocycles. The molecular formula is C18H27N3O3. The Hall–Kier alpha value is -2.08. The van der Waals surface area contributed by atoms with Crippen molar-refractivity contribution in [1.29, 1.82) is 0 Å². The van der Waals surface area contributed by atoms with Gasteiger partial charge in [0.05, 0.1) is 0 Å². The van der Waals surface area contributed by atoms with Crippen LogP contribution in [0.5, 0.6) is 5.75 Å². The third-order valence-corrected chi connectivity index (χ3v) is 4.24. The fourth-order valence-electron chi connectivity index (χ4n) is 2.74. The highest BCUT2D eigenvalue weighted by molar-refractivity contribution is 5.95. The molecule has 1 aliphatic rings. The normalized spacial score (nSPS) is 14.3. The number of carbonyl (C=O) groups excluding carboxylic acids is 2. The largest absolute Gasteiger partial charge is 0.484 e. The third-order valence-electron chi connectivity index (χ3n) is 4.24. The summed E-state index contributed by atoms with van der Waals surface area (Å²) in [5.41, 5.74) is 0.883. The first-order chi connectivity index (χ1) is 11.6. The van der Waals surface area contributed by atoms with E-state index in [0.29, 0.717) is 18.7 Å². The smallest absolute Gasteiger partial charge is 0.257 e. The van der Waals surface area contributed by atoms with Gasteiger partial charge in [-0.2, -0.15) is 0 Å². The molecule has 2 amide bonds. The maximum atomic E-state index is 11.8. The summed E-state index contributed by atoms with van der Waals surface area (Å²) in [6.45, 7) is 8.41. The predicted molar refractivity (Wildman–Crippen MR) is 94.3 cm³/mol. The number of nitrogens with zero attached hydrogens (tertiary/aromatic N) is 2. The minimum Gasteiger partial charge on any atom is -0.484 e. The van der Waals surface area contributed by atoms with E-state index in [1.807, 2.05) is 12.1 Å². The van der Waals surface area contributed by atoms with E-state index in [-0.39, 0.29) is 18.4 Å². The summed E-state index contributed by atoms with van der Waals surface area (Å²) >= 11 is 0. The van der Waals surface area contributed by atoms with Crippen molar-refractivity contribution < 1.29 is 14.3 Å². The van der Waals surface area contributed by atoms with Gasteiger partial charge in [-0.1, -0.05) is 13.8 Å². The lowest BCUT2D eigenvalue weighted by molar-refractivity contribution is -0.123. The second kappa shape index (κ2) is 9.27. The van der Waals surface area contributed by atoms with Crippen LogP contribution in [0.1, 0.15) is 26.7 Å². The molecule has 0 atom stereocenters. The standard InChI is InChI=1S/C18H27N3O3/c1-3-20(4-2)13-11-19-17(22)14-24-16-9-7-15(8-10-16)21-12-5-6-18(21)23/h7-10H,3-6,11-14H2,1-2H3,(H,19,22). The molecule has 1 aromatic rings. The lowest BCUT2D eigenvalue weighted by atomic mass is 10.3. The van der Waals surface area contributed by atoms with E-state index in [4.69, 9.17) is 4.74 Å². The van der Waals surface area contributed by atoms with Crippen LogP contribution in [0.2, 0.25) is 0 Å². The summed E-state index contributed by atoms with van der Waals surface area (Å²) in [5.74, 6) is 0.668. The molecule has 0 bridgehead atoms. The number of carbonyl (C=O) groups is 2. The van der Waals surface area contributed by atoms with E-state index in [9.17, 15) is 9.59 Å². The molecule has 0 saturated carbocycles. The molecule has 24 heavy (non-hydrogen) atoms. The first-order valence-corrected chi connectivity index (χ1v) is 8.66. The zero-order chi connectivity index (χ0) is 17.4. The summed E-state index contributed by atoms with van der Waals surface area (Å²) in [7, 11) is 0. The number of nitrogens with one attached hydrogen (secondary N) is 1. The Morgan fingerprint density at radius 2 is 1.96 bits per heavy atom. The Morgan fingerprint density at radius 3 is 2.54 bits per heavy atom. The number of anilines is 1. The van der Waals surface area contributed by atoms with Crippen molar-refractivity contribution in [3.05, 3.63) is 24.3 Å². The van der Waals surface area contributed by atoms with Crippen molar-refractivity contribution in [2.24, 2.45) is 0 Å². The minimum atomic E-state index is -0.124. The number of ether oxygens (including phenoxy) is 1. The number of benzene rings is 1. The first kappa shape index (κ1) is 18.3. The van der Waals surface area contributed by atoms with Crippen LogP contribution < -0.4 is 15.0 Å². The summed E-state index contributed by atoms with van der Waals surface area (Å²) < 4.78 is 5.49. The van der Waals surface area contributed by atoms with Crippen LogP contribution in [0, 0.1) is 0 Å². The molecule has 0 aromatic heterocycles. The van der Waals surface area contributed by atoms with Gasteiger partial charge in [-0.15, -0.1) is 0 Å². The SMILES string of the molecule is CCN(CC)CCNC(=O)COc1ccc(N2CCCC2=O)cc1. The molecule has 1 N–H and O–H groups in total. The van der Waals surface area contributed by atoms with E-state index in [1.54, 1.807) is 17.0 Å². The highest BCUT2D eigenvalue weighted by Crippen LogP contribution is 2.23. The van der Waals surface area contributed by atoms with Crippen LogP contribution in [0.4, 0.5) is 5.69 Å². The molecule has 0 radical (unpaired) electrons. The molecule has 1 fully saturated rings. The number of amides is 2. The van der Waals surface area contributed by atoms with Gasteiger partial charge in [-0.05, 0) is 43.8 Å². The second-order valence-electron chi connectivity index (χ2n) is 5.81. The molecule has 0 unspecified atom stereocenters. The molecule has 1 aromatic carbocycles. The van der Waals surface area contributed by atoms with Crippen molar-refractivity contribution in [3.8, 4) is 5.75 Å². The van der Waals surface area contributed by atoms with Gasteiger partial charge in [0.15, 0.2) is 6.61 Å². The van der Waals surface area contributed by atoms with Gasteiger partial charge in [0.25, 0.3) is 5.91 Å². The van der Waals surface area contributed by atoms with Crippen LogP contribution >= 0.6 is 0 Å². The maximum absolute atomic E-state index is 11.8. The van der Waals surface area contributed by atoms with Crippen molar-refractivity contribution in [2.45, 2.75) is 26.7 Å². The van der Waals surface area contributed by atoms with E-state index in [0.717, 1.165) is 38.3 Å². The Labute approximate surface area is 143 Å². The molecule has 1 aliphatic heterocycles. The average molecular weight is 333 g/mol. The molecule has 132 valence electrons. The van der Waals surface area contributed by atoms with Gasteiger partial charge in [-0.3, -0.25) is 9.59 Å². The first-order valence-electron chi connectivity index (χ1n) is 8.66. The summed E-state index contributed by atoms with van der Waals surface area (Å²) in [6, 6.07) is 7.31. The molecule has 0 spiro atoms. The number of hydrogen-bond donors (Lipinski definition) is 1. The van der Waals surface area contributed by atoms with Crippen molar-refractivity contribution >= 4 is 17.5 Å². The van der Waals surface area contributed by atoms with Gasteiger partial charge < -0.3 is 19.9 Å². The Kier molecular flexibility index (Phi) is 7.06. The summed E-state index contributed by atoms with van der Waals surface area (Å²) in [4.78, 5) is 27.5. The Morgan fingerprint density at radius 1 is 1.25 bits per heavy atom. The molecular weight excluding hydrogens is 306 g/mol. The van der Waals surface area contributed by atoms with E-state index in [2.05, 4.69) is 24.1 Å². The zero-order valence-corrected chi connectivity index (χ0v) is 14.6. The van der Waals surface area contributed by atoms with E-state index < -0.39 is 0 Å². The van der Waals surface area contributed by atoms with Gasteiger partial charge >= 0.3 is 0 Å². The highest BCUT2D eigenvalue weighted by Gasteiger charge is 2.21. The highest BCUT2D eigenvalue weighted by atomic mass is 16.5. The van der Waals surface area contributed by atoms with Crippen LogP contribution in [0.15, 0.2) is 24.3 Å². The number of likely N-dealkylation sites (N-methyl/N-ethyl adjacent to an activating group) is 1. The van der Waals surface area contributed by atoms with Crippen molar-refractivity contribution in [1.82, 2.24) is 10.2 Å². The summed E-state index contributed by atoms with van der Waals surface area (Å²) in [5, 5.41) is 2.86. The monoisotopic (exact) mass is 333 g/mol. The van der Waals surface area contributed by atoms with Crippen molar-refractivity contribution in [2.75, 3.05) is 44.2 Å². The lowest BCUT2D eigenvalue weighted by Crippen LogP contribution is -2.36. The Balaban J connectivity index is 1.72. The van der Waals surface area contributed by atoms with Gasteiger partial charge in [0.1, 0.15) is 5.75 Å². The molecule has 1 heterocycles. The second-order valence-corrected chi connectivity index (χ2v) is 5.81. The van der Waals surface area contributed by atoms with Gasteiger partial charge in [0.2, 0.25) is 5.91 Å². The lowest BCUT2D eigenvalue weighted by Gasteiger charge is -2.18. The molecule has 1 saturated heterocycles. The van der Waals surface area contributed by atoms with E-state index >= 15 is 0 Å². The fourth-order valence-corrected chi connectivity index (χ4v) is 2.74. The number of hydrogen-bond acceptors (Lipinski definition) is 4. The third kappa shape index (κ3) is 5.23. The van der Waals surface area contributed by atoms with Crippen molar-refractivity contribution in [3.63, 3.8) is 0 Å². The van der Waals surface area contributed by atoms with Crippen LogP contribution in [0.3, 0.4) is 0 Å². The predicted octanol–water partition coefficient (Wildman–Crippen LogP) is 1.65. The topological polar surface area (TPSA) is 61.9 Å². The summed E-state index contributed by atoms with van der Waals surface area (Å²) in [6.07, 6.45) is 1.52. The number of rotatable bonds is 9. The molecule has 6 heteroatoms. The zero-order valence-electron chi connectivity index (χ0n) is 14.6. The minimum absolute atomic E-state index is 0.000240. The Bertz CT molecular complexity index is 541. The van der Waals surface area contributed by atoms with Crippen LogP contribution in [-0.4, -0.2) is 56.0 Å². The quantitative estimate of drug-likeness (QED) is 0.746. The fraction of sp³-hybridized carbons (Fsp3) is 0.556. The van der Waals surface area contributed by atoms with Gasteiger partial charge in [-0.25, -0.2) is 0 Å². The molecule has 6 nitrogen and oxygen atoms in total.